The smallest absolute Gasteiger partial charge is 0.312 e. The molecule has 0 aliphatic heterocycles. The lowest BCUT2D eigenvalue weighted by atomic mass is 10.1. The van der Waals surface area contributed by atoms with Gasteiger partial charge >= 0.3 is 5.69 Å². The Morgan fingerprint density at radius 1 is 1.64 bits per heavy atom. The molecule has 1 aromatic heterocycles. The fraction of sp³-hybridized carbons (Fsp3) is 0.625. The average Bonchev–Trinajstić information content (AvgIpc) is 2.30. The van der Waals surface area contributed by atoms with Crippen LogP contribution in [0.3, 0.4) is 0 Å². The Hall–Kier alpha value is -0.990. The van der Waals surface area contributed by atoms with Crippen molar-refractivity contribution in [2.75, 3.05) is 0 Å². The fourth-order valence-corrected chi connectivity index (χ4v) is 1.21. The first-order valence-corrected chi connectivity index (χ1v) is 3.95. The van der Waals surface area contributed by atoms with Crippen LogP contribution in [0.2, 0.25) is 0 Å². The van der Waals surface area contributed by atoms with E-state index in [4.69, 9.17) is 0 Å². The molecule has 0 atom stereocenters. The highest BCUT2D eigenvalue weighted by Crippen LogP contribution is 2.10. The summed E-state index contributed by atoms with van der Waals surface area (Å²) in [6.07, 6.45) is 1.79. The number of imidazole rings is 1. The average molecular weight is 154 g/mol. The number of nitrogens with zero attached hydrogens (tertiary/aromatic N) is 1. The van der Waals surface area contributed by atoms with Gasteiger partial charge in [0.2, 0.25) is 0 Å². The van der Waals surface area contributed by atoms with Gasteiger partial charge in [-0.25, -0.2) is 4.79 Å². The summed E-state index contributed by atoms with van der Waals surface area (Å²) >= 11 is 0. The Labute approximate surface area is 66.1 Å². The number of nitrogens with one attached hydrogen (secondary N) is 1. The van der Waals surface area contributed by atoms with Crippen LogP contribution in [-0.2, 0) is 6.54 Å². The van der Waals surface area contributed by atoms with Crippen LogP contribution in [0.5, 0.6) is 0 Å². The number of H-pyrrole nitrogens is 1. The molecule has 1 N–H and O–H groups in total. The van der Waals surface area contributed by atoms with Crippen molar-refractivity contribution in [3.05, 3.63) is 22.4 Å². The van der Waals surface area contributed by atoms with Crippen molar-refractivity contribution in [2.45, 2.75) is 33.2 Å². The Morgan fingerprint density at radius 2 is 2.27 bits per heavy atom. The van der Waals surface area contributed by atoms with Crippen molar-refractivity contribution in [3.8, 4) is 0 Å². The van der Waals surface area contributed by atoms with Crippen LogP contribution >= 0.6 is 0 Å². The van der Waals surface area contributed by atoms with Gasteiger partial charge in [-0.2, -0.15) is 0 Å². The standard InChI is InChI=1S/C8H14N2O/c1-4-10-7(6(2)3)5-9-8(10)11/h5-6H,4H2,1-3H3,(H,9,11). The quantitative estimate of drug-likeness (QED) is 0.685. The molecule has 0 fully saturated rings. The Kier molecular flexibility index (Phi) is 2.17. The third-order valence-electron chi connectivity index (χ3n) is 1.81. The first-order chi connectivity index (χ1) is 5.16. The predicted octanol–water partition coefficient (Wildman–Crippen LogP) is 1.32. The van der Waals surface area contributed by atoms with E-state index in [1.54, 1.807) is 10.8 Å². The van der Waals surface area contributed by atoms with E-state index in [0.29, 0.717) is 5.92 Å². The van der Waals surface area contributed by atoms with Crippen molar-refractivity contribution in [2.24, 2.45) is 0 Å². The summed E-state index contributed by atoms with van der Waals surface area (Å²) in [4.78, 5) is 13.8. The van der Waals surface area contributed by atoms with Gasteiger partial charge in [0.1, 0.15) is 0 Å². The molecule has 0 aliphatic carbocycles. The number of aromatic nitrogens is 2. The summed E-state index contributed by atoms with van der Waals surface area (Å²) in [5, 5.41) is 0. The normalized spacial score (nSPS) is 10.9. The molecule has 1 aromatic rings. The molecule has 0 aliphatic rings. The van der Waals surface area contributed by atoms with E-state index in [2.05, 4.69) is 18.8 Å². The summed E-state index contributed by atoms with van der Waals surface area (Å²) in [5.74, 6) is 0.411. The lowest BCUT2D eigenvalue weighted by Gasteiger charge is -2.05. The van der Waals surface area contributed by atoms with Gasteiger partial charge in [0.15, 0.2) is 0 Å². The second kappa shape index (κ2) is 2.95. The number of aromatic amines is 1. The van der Waals surface area contributed by atoms with E-state index < -0.39 is 0 Å². The summed E-state index contributed by atoms with van der Waals surface area (Å²) in [6.45, 7) is 6.88. The van der Waals surface area contributed by atoms with Crippen molar-refractivity contribution < 1.29 is 0 Å². The van der Waals surface area contributed by atoms with Crippen molar-refractivity contribution in [1.82, 2.24) is 9.55 Å². The molecule has 1 rings (SSSR count). The molecule has 3 nitrogen and oxygen atoms in total. The summed E-state index contributed by atoms with van der Waals surface area (Å²) < 4.78 is 1.75. The molecule has 0 radical (unpaired) electrons. The van der Waals surface area contributed by atoms with Gasteiger partial charge in [0.05, 0.1) is 0 Å². The molecule has 0 saturated heterocycles. The molecular weight excluding hydrogens is 140 g/mol. The lowest BCUT2D eigenvalue weighted by Crippen LogP contribution is -2.18. The minimum atomic E-state index is -0.00352. The molecule has 0 spiro atoms. The maximum Gasteiger partial charge on any atom is 0.325 e. The minimum Gasteiger partial charge on any atom is -0.312 e. The molecule has 11 heavy (non-hydrogen) atoms. The van der Waals surface area contributed by atoms with Gasteiger partial charge in [-0.05, 0) is 12.8 Å². The van der Waals surface area contributed by atoms with Crippen LogP contribution in [0.4, 0.5) is 0 Å². The Morgan fingerprint density at radius 3 is 2.64 bits per heavy atom. The number of hydrogen-bond donors (Lipinski definition) is 1. The van der Waals surface area contributed by atoms with Gasteiger partial charge in [-0.3, -0.25) is 4.57 Å². The summed E-state index contributed by atoms with van der Waals surface area (Å²) in [6, 6.07) is 0. The molecule has 0 aromatic carbocycles. The van der Waals surface area contributed by atoms with E-state index in [1.165, 1.54) is 0 Å². The van der Waals surface area contributed by atoms with Gasteiger partial charge in [0, 0.05) is 18.4 Å². The molecule has 0 amide bonds. The van der Waals surface area contributed by atoms with Crippen LogP contribution in [0.25, 0.3) is 0 Å². The maximum atomic E-state index is 11.1. The second-order valence-corrected chi connectivity index (χ2v) is 2.92. The van der Waals surface area contributed by atoms with E-state index in [0.717, 1.165) is 12.2 Å². The lowest BCUT2D eigenvalue weighted by molar-refractivity contribution is 0.652. The van der Waals surface area contributed by atoms with Crippen molar-refractivity contribution in [3.63, 3.8) is 0 Å². The highest BCUT2D eigenvalue weighted by atomic mass is 16.1. The maximum absolute atomic E-state index is 11.1. The molecule has 0 bridgehead atoms. The third kappa shape index (κ3) is 1.37. The van der Waals surface area contributed by atoms with Crippen LogP contribution in [-0.4, -0.2) is 9.55 Å². The first-order valence-electron chi connectivity index (χ1n) is 3.95. The van der Waals surface area contributed by atoms with E-state index in [9.17, 15) is 4.79 Å². The van der Waals surface area contributed by atoms with Crippen molar-refractivity contribution >= 4 is 0 Å². The Balaban J connectivity index is 3.16. The molecule has 62 valence electrons. The van der Waals surface area contributed by atoms with E-state index in [1.807, 2.05) is 6.92 Å². The summed E-state index contributed by atoms with van der Waals surface area (Å²) in [7, 11) is 0. The zero-order chi connectivity index (χ0) is 8.43. The van der Waals surface area contributed by atoms with E-state index in [-0.39, 0.29) is 5.69 Å². The molecule has 3 heteroatoms. The van der Waals surface area contributed by atoms with Gasteiger partial charge < -0.3 is 4.98 Å². The van der Waals surface area contributed by atoms with Crippen LogP contribution in [0.15, 0.2) is 11.0 Å². The number of hydrogen-bond acceptors (Lipinski definition) is 1. The zero-order valence-electron chi connectivity index (χ0n) is 7.22. The van der Waals surface area contributed by atoms with Crippen LogP contribution in [0, 0.1) is 0 Å². The zero-order valence-corrected chi connectivity index (χ0v) is 7.22. The topological polar surface area (TPSA) is 37.8 Å². The molecular formula is C8H14N2O. The Bertz CT molecular complexity index is 283. The first kappa shape index (κ1) is 8.11. The minimum absolute atomic E-state index is 0.00352. The van der Waals surface area contributed by atoms with E-state index >= 15 is 0 Å². The highest BCUT2D eigenvalue weighted by molar-refractivity contribution is 5.03. The largest absolute Gasteiger partial charge is 0.325 e. The summed E-state index contributed by atoms with van der Waals surface area (Å²) in [5.41, 5.74) is 1.08. The number of rotatable bonds is 2. The predicted molar refractivity (Wildman–Crippen MR) is 44.8 cm³/mol. The van der Waals surface area contributed by atoms with Crippen LogP contribution < -0.4 is 5.69 Å². The van der Waals surface area contributed by atoms with Gasteiger partial charge in [0.25, 0.3) is 0 Å². The second-order valence-electron chi connectivity index (χ2n) is 2.92. The van der Waals surface area contributed by atoms with Crippen molar-refractivity contribution in [1.29, 1.82) is 0 Å². The third-order valence-corrected chi connectivity index (χ3v) is 1.81. The fourth-order valence-electron chi connectivity index (χ4n) is 1.21. The molecule has 1 heterocycles. The van der Waals surface area contributed by atoms with Crippen LogP contribution in [0.1, 0.15) is 32.4 Å². The SMILES string of the molecule is CCn1c(C(C)C)c[nH]c1=O. The molecule has 0 saturated carbocycles. The molecule has 0 unspecified atom stereocenters. The van der Waals surface area contributed by atoms with Gasteiger partial charge in [-0.15, -0.1) is 0 Å². The monoisotopic (exact) mass is 154 g/mol. The highest BCUT2D eigenvalue weighted by Gasteiger charge is 2.06. The van der Waals surface area contributed by atoms with Gasteiger partial charge in [-0.1, -0.05) is 13.8 Å².